The fourth-order valence-electron chi connectivity index (χ4n) is 2.53. The average molecular weight is 135 g/mol. The minimum atomic E-state index is 0.449. The zero-order valence-electron chi connectivity index (χ0n) is 6.64. The first-order chi connectivity index (χ1) is 4.71. The van der Waals surface area contributed by atoms with Crippen molar-refractivity contribution >= 4 is 7.85 Å². The smallest absolute Gasteiger partial charge is 0.0717 e. The molecule has 2 rings (SSSR count). The maximum Gasteiger partial charge on any atom is 0.0717 e. The molecule has 2 saturated heterocycles. The fraction of sp³-hybridized carbons (Fsp3) is 1.00. The summed E-state index contributed by atoms with van der Waals surface area (Å²) in [6.07, 6.45) is 3.96. The third-order valence-electron chi connectivity index (χ3n) is 3.06. The second-order valence-corrected chi connectivity index (χ2v) is 4.01. The Bertz CT molecular complexity index is 148. The molecule has 0 bridgehead atoms. The third-order valence-corrected chi connectivity index (χ3v) is 3.06. The van der Waals surface area contributed by atoms with E-state index in [0.717, 1.165) is 6.54 Å². The van der Waals surface area contributed by atoms with Crippen LogP contribution in [0.15, 0.2) is 0 Å². The van der Waals surface area contributed by atoms with Crippen molar-refractivity contribution in [1.29, 1.82) is 0 Å². The van der Waals surface area contributed by atoms with Crippen LogP contribution in [0, 0.1) is 0 Å². The molecule has 0 aromatic carbocycles. The quantitative estimate of drug-likeness (QED) is 0.451. The summed E-state index contributed by atoms with van der Waals surface area (Å²) in [4.78, 5) is 2.55. The zero-order chi connectivity index (χ0) is 7.19. The van der Waals surface area contributed by atoms with E-state index in [1.807, 2.05) is 0 Å². The zero-order valence-corrected chi connectivity index (χ0v) is 6.64. The first-order valence-corrected chi connectivity index (χ1v) is 4.21. The number of hydrogen-bond acceptors (Lipinski definition) is 1. The molecule has 0 unspecified atom stereocenters. The molecule has 0 saturated carbocycles. The molecule has 0 spiro atoms. The van der Waals surface area contributed by atoms with Crippen LogP contribution in [0.25, 0.3) is 0 Å². The van der Waals surface area contributed by atoms with Gasteiger partial charge in [0.1, 0.15) is 0 Å². The van der Waals surface area contributed by atoms with Crippen LogP contribution in [0.2, 0.25) is 5.82 Å². The first kappa shape index (κ1) is 6.72. The average Bonchev–Trinajstić information content (AvgIpc) is 2.20. The van der Waals surface area contributed by atoms with Crippen molar-refractivity contribution in [2.75, 3.05) is 13.1 Å². The lowest BCUT2D eigenvalue weighted by molar-refractivity contribution is 0.218. The number of fused-ring (bicyclic) bond motifs is 1. The molecule has 1 nitrogen and oxygen atoms in total. The molecule has 54 valence electrons. The van der Waals surface area contributed by atoms with Gasteiger partial charge in [-0.2, -0.15) is 0 Å². The molecule has 2 aliphatic rings. The van der Waals surface area contributed by atoms with Crippen molar-refractivity contribution in [3.8, 4) is 0 Å². The van der Waals surface area contributed by atoms with E-state index in [1.54, 1.807) is 0 Å². The molecule has 0 aliphatic carbocycles. The minimum Gasteiger partial charge on any atom is -0.298 e. The van der Waals surface area contributed by atoms with E-state index < -0.39 is 0 Å². The van der Waals surface area contributed by atoms with E-state index in [2.05, 4.69) is 11.8 Å². The SMILES string of the molecule is [B][C@H]1CN2CCC[C@@]2(C)C1. The van der Waals surface area contributed by atoms with Gasteiger partial charge in [0, 0.05) is 5.54 Å². The standard InChI is InChI=1S/C8H14BN/c1-8-3-2-4-10(8)6-7(9)5-8/h7H,2-6H2,1H3/t7-,8+/m1/s1. The summed E-state index contributed by atoms with van der Waals surface area (Å²) in [6, 6.07) is 0. The summed E-state index contributed by atoms with van der Waals surface area (Å²) in [5.41, 5.74) is 0.486. The molecule has 2 heteroatoms. The van der Waals surface area contributed by atoms with E-state index in [1.165, 1.54) is 25.8 Å². The van der Waals surface area contributed by atoms with Crippen molar-refractivity contribution in [2.24, 2.45) is 0 Å². The Morgan fingerprint density at radius 1 is 1.60 bits per heavy atom. The van der Waals surface area contributed by atoms with Crippen molar-refractivity contribution in [1.82, 2.24) is 4.90 Å². The van der Waals surface area contributed by atoms with Gasteiger partial charge in [-0.3, -0.25) is 4.90 Å². The van der Waals surface area contributed by atoms with Crippen LogP contribution in [0.1, 0.15) is 26.2 Å². The Kier molecular flexibility index (Phi) is 1.35. The van der Waals surface area contributed by atoms with Crippen LogP contribution in [-0.2, 0) is 0 Å². The summed E-state index contributed by atoms with van der Waals surface area (Å²) < 4.78 is 0. The molecule has 2 aliphatic heterocycles. The molecule has 0 amide bonds. The van der Waals surface area contributed by atoms with Crippen LogP contribution in [-0.4, -0.2) is 31.4 Å². The lowest BCUT2D eigenvalue weighted by atomic mass is 9.81. The summed E-state index contributed by atoms with van der Waals surface area (Å²) in [6.45, 7) is 4.77. The summed E-state index contributed by atoms with van der Waals surface area (Å²) in [7, 11) is 5.87. The van der Waals surface area contributed by atoms with Gasteiger partial charge in [-0.25, -0.2) is 0 Å². The Balaban J connectivity index is 2.15. The molecular formula is C8H14BN. The monoisotopic (exact) mass is 135 g/mol. The van der Waals surface area contributed by atoms with Crippen molar-refractivity contribution < 1.29 is 0 Å². The van der Waals surface area contributed by atoms with Crippen molar-refractivity contribution in [3.63, 3.8) is 0 Å². The molecule has 0 aromatic heterocycles. The van der Waals surface area contributed by atoms with Gasteiger partial charge in [0.25, 0.3) is 0 Å². The van der Waals surface area contributed by atoms with Crippen LogP contribution in [0.5, 0.6) is 0 Å². The van der Waals surface area contributed by atoms with Gasteiger partial charge in [-0.05, 0) is 39.3 Å². The second-order valence-electron chi connectivity index (χ2n) is 4.01. The topological polar surface area (TPSA) is 3.24 Å². The van der Waals surface area contributed by atoms with Crippen LogP contribution >= 0.6 is 0 Å². The lowest BCUT2D eigenvalue weighted by Gasteiger charge is -2.26. The van der Waals surface area contributed by atoms with Gasteiger partial charge in [0.15, 0.2) is 0 Å². The Morgan fingerprint density at radius 3 is 3.10 bits per heavy atom. The Morgan fingerprint density at radius 2 is 2.40 bits per heavy atom. The highest BCUT2D eigenvalue weighted by Gasteiger charge is 2.42. The highest BCUT2D eigenvalue weighted by Crippen LogP contribution is 2.41. The third kappa shape index (κ3) is 0.816. The van der Waals surface area contributed by atoms with Gasteiger partial charge >= 0.3 is 0 Å². The normalized spacial score (nSPS) is 47.9. The van der Waals surface area contributed by atoms with Crippen LogP contribution in [0.4, 0.5) is 0 Å². The lowest BCUT2D eigenvalue weighted by Crippen LogP contribution is -2.34. The van der Waals surface area contributed by atoms with Crippen LogP contribution in [0.3, 0.4) is 0 Å². The molecular weight excluding hydrogens is 121 g/mol. The number of hydrogen-bond donors (Lipinski definition) is 0. The Labute approximate surface area is 64.2 Å². The predicted octanol–water partition coefficient (Wildman–Crippen LogP) is 1.20. The largest absolute Gasteiger partial charge is 0.298 e. The molecule has 10 heavy (non-hydrogen) atoms. The van der Waals surface area contributed by atoms with Gasteiger partial charge < -0.3 is 0 Å². The van der Waals surface area contributed by atoms with E-state index in [9.17, 15) is 0 Å². The second kappa shape index (κ2) is 2.01. The highest BCUT2D eigenvalue weighted by atomic mass is 15.2. The maximum atomic E-state index is 5.87. The van der Waals surface area contributed by atoms with Gasteiger partial charge in [-0.15, -0.1) is 0 Å². The van der Waals surface area contributed by atoms with E-state index in [-0.39, 0.29) is 0 Å². The number of rotatable bonds is 0. The predicted molar refractivity (Wildman–Crippen MR) is 43.3 cm³/mol. The maximum absolute atomic E-state index is 5.87. The van der Waals surface area contributed by atoms with Gasteiger partial charge in [-0.1, -0.05) is 5.82 Å². The van der Waals surface area contributed by atoms with Gasteiger partial charge in [0.2, 0.25) is 0 Å². The van der Waals surface area contributed by atoms with Crippen molar-refractivity contribution in [3.05, 3.63) is 0 Å². The Hall–Kier alpha value is 0.0249. The van der Waals surface area contributed by atoms with Crippen molar-refractivity contribution in [2.45, 2.75) is 37.5 Å². The highest BCUT2D eigenvalue weighted by molar-refractivity contribution is 6.12. The first-order valence-electron chi connectivity index (χ1n) is 4.21. The molecule has 2 fully saturated rings. The van der Waals surface area contributed by atoms with Gasteiger partial charge in [0.05, 0.1) is 7.85 Å². The molecule has 2 atom stereocenters. The van der Waals surface area contributed by atoms with E-state index >= 15 is 0 Å². The minimum absolute atomic E-state index is 0.449. The molecule has 2 heterocycles. The summed E-state index contributed by atoms with van der Waals surface area (Å²) in [5, 5.41) is 0. The molecule has 0 aromatic rings. The summed E-state index contributed by atoms with van der Waals surface area (Å²) >= 11 is 0. The fourth-order valence-corrected chi connectivity index (χ4v) is 2.53. The van der Waals surface area contributed by atoms with Crippen LogP contribution < -0.4 is 0 Å². The summed E-state index contributed by atoms with van der Waals surface area (Å²) in [5.74, 6) is 0.449. The molecule has 2 radical (unpaired) electrons. The van der Waals surface area contributed by atoms with E-state index in [4.69, 9.17) is 7.85 Å². The molecule has 0 N–H and O–H groups in total. The number of nitrogens with zero attached hydrogens (tertiary/aromatic N) is 1. The van der Waals surface area contributed by atoms with E-state index in [0.29, 0.717) is 11.4 Å².